The topological polar surface area (TPSA) is 58.4 Å². The smallest absolute Gasteiger partial charge is 0.253 e. The number of thioether (sulfide) groups is 1. The van der Waals surface area contributed by atoms with E-state index in [9.17, 15) is 4.79 Å². The highest BCUT2D eigenvalue weighted by atomic mass is 32.2. The number of nitrogen functional groups attached to an aromatic ring is 1. The minimum Gasteiger partial charge on any atom is -0.341 e. The fourth-order valence-electron chi connectivity index (χ4n) is 1.53. The van der Waals surface area contributed by atoms with Crippen LogP contribution in [0.4, 0.5) is 5.69 Å². The van der Waals surface area contributed by atoms with Crippen LogP contribution in [-0.2, 0) is 0 Å². The Bertz CT molecular complexity index is 395. The number of hydrogen-bond acceptors (Lipinski definition) is 4. The third kappa shape index (κ3) is 3.64. The van der Waals surface area contributed by atoms with Crippen molar-refractivity contribution in [2.75, 3.05) is 31.0 Å². The minimum atomic E-state index is 0.0557. The van der Waals surface area contributed by atoms with Gasteiger partial charge in [0.25, 0.3) is 5.91 Å². The van der Waals surface area contributed by atoms with Gasteiger partial charge in [-0.2, -0.15) is 11.8 Å². The molecular weight excluding hydrogens is 234 g/mol. The summed E-state index contributed by atoms with van der Waals surface area (Å²) in [4.78, 5) is 13.9. The maximum Gasteiger partial charge on any atom is 0.253 e. The average Bonchev–Trinajstić information content (AvgIpc) is 2.34. The van der Waals surface area contributed by atoms with Crippen LogP contribution in [0.2, 0.25) is 0 Å². The van der Waals surface area contributed by atoms with E-state index in [0.717, 1.165) is 29.1 Å². The zero-order chi connectivity index (χ0) is 12.8. The SMILES string of the molecule is CSCCN(C)C(=O)c1ccc(NN)cc1C. The van der Waals surface area contributed by atoms with Gasteiger partial charge in [0.15, 0.2) is 0 Å². The lowest BCUT2D eigenvalue weighted by Gasteiger charge is -2.18. The number of hydrazine groups is 1. The average molecular weight is 253 g/mol. The van der Waals surface area contributed by atoms with Crippen LogP contribution in [0.25, 0.3) is 0 Å². The number of nitrogens with one attached hydrogen (secondary N) is 1. The minimum absolute atomic E-state index is 0.0557. The molecule has 0 atom stereocenters. The van der Waals surface area contributed by atoms with E-state index >= 15 is 0 Å². The molecular formula is C12H19N3OS. The summed E-state index contributed by atoms with van der Waals surface area (Å²) in [5.41, 5.74) is 5.04. The number of carbonyl (C=O) groups excluding carboxylic acids is 1. The molecule has 0 saturated heterocycles. The number of amides is 1. The molecule has 4 nitrogen and oxygen atoms in total. The van der Waals surface area contributed by atoms with E-state index in [0.29, 0.717) is 0 Å². The lowest BCUT2D eigenvalue weighted by Crippen LogP contribution is -2.29. The van der Waals surface area contributed by atoms with Gasteiger partial charge in [-0.3, -0.25) is 10.6 Å². The fourth-order valence-corrected chi connectivity index (χ4v) is 1.99. The van der Waals surface area contributed by atoms with Gasteiger partial charge < -0.3 is 10.3 Å². The highest BCUT2D eigenvalue weighted by Gasteiger charge is 2.13. The molecule has 0 fully saturated rings. The zero-order valence-corrected chi connectivity index (χ0v) is 11.3. The van der Waals surface area contributed by atoms with E-state index in [4.69, 9.17) is 5.84 Å². The number of rotatable bonds is 5. The Morgan fingerprint density at radius 2 is 2.24 bits per heavy atom. The van der Waals surface area contributed by atoms with Gasteiger partial charge in [0.1, 0.15) is 0 Å². The van der Waals surface area contributed by atoms with Crippen molar-refractivity contribution < 1.29 is 4.79 Å². The van der Waals surface area contributed by atoms with Gasteiger partial charge in [-0.15, -0.1) is 0 Å². The first kappa shape index (κ1) is 13.9. The number of anilines is 1. The first-order valence-electron chi connectivity index (χ1n) is 5.41. The quantitative estimate of drug-likeness (QED) is 0.619. The third-order valence-electron chi connectivity index (χ3n) is 2.60. The van der Waals surface area contributed by atoms with Crippen LogP contribution < -0.4 is 11.3 Å². The van der Waals surface area contributed by atoms with E-state index in [2.05, 4.69) is 5.43 Å². The van der Waals surface area contributed by atoms with E-state index in [1.54, 1.807) is 16.7 Å². The summed E-state index contributed by atoms with van der Waals surface area (Å²) in [5.74, 6) is 6.33. The van der Waals surface area contributed by atoms with Gasteiger partial charge in [0.05, 0.1) is 0 Å². The Morgan fingerprint density at radius 3 is 2.76 bits per heavy atom. The number of benzene rings is 1. The third-order valence-corrected chi connectivity index (χ3v) is 3.19. The molecule has 0 aromatic heterocycles. The molecule has 0 unspecified atom stereocenters. The first-order valence-corrected chi connectivity index (χ1v) is 6.81. The molecule has 17 heavy (non-hydrogen) atoms. The molecule has 3 N–H and O–H groups in total. The highest BCUT2D eigenvalue weighted by molar-refractivity contribution is 7.98. The predicted octanol–water partition coefficient (Wildman–Crippen LogP) is 1.72. The molecule has 0 aliphatic rings. The van der Waals surface area contributed by atoms with Gasteiger partial charge >= 0.3 is 0 Å². The summed E-state index contributed by atoms with van der Waals surface area (Å²) in [6, 6.07) is 5.49. The van der Waals surface area contributed by atoms with Crippen LogP contribution in [0.3, 0.4) is 0 Å². The van der Waals surface area contributed by atoms with Crippen molar-refractivity contribution in [1.29, 1.82) is 0 Å². The summed E-state index contributed by atoms with van der Waals surface area (Å²) >= 11 is 1.73. The standard InChI is InChI=1S/C12H19N3OS/c1-9-8-10(14-13)4-5-11(9)12(16)15(2)6-7-17-3/h4-5,8,14H,6-7,13H2,1-3H3. The second kappa shape index (κ2) is 6.51. The second-order valence-corrected chi connectivity index (χ2v) is 4.88. The molecule has 0 bridgehead atoms. The Morgan fingerprint density at radius 1 is 1.53 bits per heavy atom. The lowest BCUT2D eigenvalue weighted by molar-refractivity contribution is 0.0803. The normalized spacial score (nSPS) is 10.1. The zero-order valence-electron chi connectivity index (χ0n) is 10.5. The van der Waals surface area contributed by atoms with E-state index in [1.165, 1.54) is 0 Å². The van der Waals surface area contributed by atoms with Crippen LogP contribution in [0.1, 0.15) is 15.9 Å². The van der Waals surface area contributed by atoms with Gasteiger partial charge in [-0.1, -0.05) is 0 Å². The van der Waals surface area contributed by atoms with Crippen molar-refractivity contribution >= 4 is 23.4 Å². The van der Waals surface area contributed by atoms with Crippen LogP contribution in [0.15, 0.2) is 18.2 Å². The van der Waals surface area contributed by atoms with Crippen molar-refractivity contribution in [1.82, 2.24) is 4.90 Å². The summed E-state index contributed by atoms with van der Waals surface area (Å²) in [7, 11) is 1.83. The van der Waals surface area contributed by atoms with Crippen LogP contribution >= 0.6 is 11.8 Å². The van der Waals surface area contributed by atoms with E-state index < -0.39 is 0 Å². The monoisotopic (exact) mass is 253 g/mol. The van der Waals surface area contributed by atoms with Crippen molar-refractivity contribution in [3.8, 4) is 0 Å². The maximum atomic E-state index is 12.1. The lowest BCUT2D eigenvalue weighted by atomic mass is 10.1. The molecule has 0 spiro atoms. The molecule has 1 aromatic rings. The van der Waals surface area contributed by atoms with E-state index in [1.807, 2.05) is 38.4 Å². The van der Waals surface area contributed by atoms with Gasteiger partial charge in [-0.05, 0) is 36.9 Å². The summed E-state index contributed by atoms with van der Waals surface area (Å²) < 4.78 is 0. The van der Waals surface area contributed by atoms with Crippen molar-refractivity contribution in [3.05, 3.63) is 29.3 Å². The molecule has 0 saturated carbocycles. The molecule has 1 aromatic carbocycles. The number of hydrogen-bond donors (Lipinski definition) is 2. The molecule has 0 aliphatic carbocycles. The Labute approximate surface area is 107 Å². The van der Waals surface area contributed by atoms with E-state index in [-0.39, 0.29) is 5.91 Å². The highest BCUT2D eigenvalue weighted by Crippen LogP contribution is 2.15. The number of nitrogens with two attached hydrogens (primary N) is 1. The van der Waals surface area contributed by atoms with Crippen molar-refractivity contribution in [3.63, 3.8) is 0 Å². The van der Waals surface area contributed by atoms with Crippen molar-refractivity contribution in [2.45, 2.75) is 6.92 Å². The maximum absolute atomic E-state index is 12.1. The number of nitrogens with zero attached hydrogens (tertiary/aromatic N) is 1. The predicted molar refractivity (Wildman–Crippen MR) is 74.3 cm³/mol. The first-order chi connectivity index (χ1) is 8.10. The van der Waals surface area contributed by atoms with Gasteiger partial charge in [0, 0.05) is 30.6 Å². The van der Waals surface area contributed by atoms with Crippen molar-refractivity contribution in [2.24, 2.45) is 5.84 Å². The Hall–Kier alpha value is -1.20. The Kier molecular flexibility index (Phi) is 5.31. The molecule has 1 amide bonds. The molecule has 0 heterocycles. The Balaban J connectivity index is 2.81. The molecule has 94 valence electrons. The fraction of sp³-hybridized carbons (Fsp3) is 0.417. The number of aryl methyl sites for hydroxylation is 1. The largest absolute Gasteiger partial charge is 0.341 e. The van der Waals surface area contributed by atoms with Gasteiger partial charge in [-0.25, -0.2) is 0 Å². The summed E-state index contributed by atoms with van der Waals surface area (Å²) in [6.07, 6.45) is 2.03. The summed E-state index contributed by atoms with van der Waals surface area (Å²) in [6.45, 7) is 2.67. The second-order valence-electron chi connectivity index (χ2n) is 3.89. The van der Waals surface area contributed by atoms with Crippen LogP contribution in [-0.4, -0.2) is 36.4 Å². The van der Waals surface area contributed by atoms with Crippen LogP contribution in [0, 0.1) is 6.92 Å². The number of carbonyl (C=O) groups is 1. The summed E-state index contributed by atoms with van der Waals surface area (Å²) in [5, 5.41) is 0. The molecule has 5 heteroatoms. The molecule has 1 rings (SSSR count). The van der Waals surface area contributed by atoms with Crippen LogP contribution in [0.5, 0.6) is 0 Å². The molecule has 0 aliphatic heterocycles. The molecule has 0 radical (unpaired) electrons. The van der Waals surface area contributed by atoms with Gasteiger partial charge in [0.2, 0.25) is 0 Å².